The number of aliphatic imine (C=N–C) groups is 1. The van der Waals surface area contributed by atoms with Crippen LogP contribution in [-0.4, -0.2) is 44.3 Å². The van der Waals surface area contributed by atoms with Gasteiger partial charge in [0.05, 0.1) is 4.91 Å². The maximum Gasteiger partial charge on any atom is 0.286 e. The summed E-state index contributed by atoms with van der Waals surface area (Å²) < 4.78 is 0. The molecular formula is C21H22N4OS. The molecule has 0 saturated carbocycles. The number of hydrogen-bond donors (Lipinski definition) is 1. The molecular weight excluding hydrogens is 356 g/mol. The van der Waals surface area contributed by atoms with Crippen molar-refractivity contribution in [1.82, 2.24) is 5.32 Å². The van der Waals surface area contributed by atoms with Gasteiger partial charge in [0.1, 0.15) is 0 Å². The maximum atomic E-state index is 12.3. The number of para-hydroxylation sites is 1. The van der Waals surface area contributed by atoms with Crippen molar-refractivity contribution in [1.29, 1.82) is 0 Å². The molecule has 1 saturated heterocycles. The number of anilines is 2. The Labute approximate surface area is 163 Å². The Balaban J connectivity index is 1.46. The Kier molecular flexibility index (Phi) is 5.27. The lowest BCUT2D eigenvalue weighted by Gasteiger charge is -2.29. The molecule has 0 atom stereocenters. The van der Waals surface area contributed by atoms with E-state index in [9.17, 15) is 4.79 Å². The van der Waals surface area contributed by atoms with E-state index in [2.05, 4.69) is 39.5 Å². The third-order valence-corrected chi connectivity index (χ3v) is 5.77. The van der Waals surface area contributed by atoms with Gasteiger partial charge < -0.3 is 15.1 Å². The van der Waals surface area contributed by atoms with Gasteiger partial charge in [-0.05, 0) is 47.7 Å². The van der Waals surface area contributed by atoms with Crippen molar-refractivity contribution in [3.63, 3.8) is 0 Å². The lowest BCUT2D eigenvalue weighted by molar-refractivity contribution is -0.113. The topological polar surface area (TPSA) is 47.9 Å². The van der Waals surface area contributed by atoms with Gasteiger partial charge in [-0.2, -0.15) is 4.99 Å². The van der Waals surface area contributed by atoms with Gasteiger partial charge in [-0.15, -0.1) is 0 Å². The van der Waals surface area contributed by atoms with E-state index in [0.717, 1.165) is 37.4 Å². The van der Waals surface area contributed by atoms with Crippen LogP contribution in [0, 0.1) is 0 Å². The van der Waals surface area contributed by atoms with E-state index < -0.39 is 0 Å². The predicted octanol–water partition coefficient (Wildman–Crippen LogP) is 3.20. The summed E-state index contributed by atoms with van der Waals surface area (Å²) in [6, 6.07) is 18.3. The number of nitrogens with one attached hydrogen (secondary N) is 1. The van der Waals surface area contributed by atoms with Crippen LogP contribution in [0.2, 0.25) is 0 Å². The Hall–Kier alpha value is -2.57. The van der Waals surface area contributed by atoms with E-state index in [1.54, 1.807) is 0 Å². The molecule has 27 heavy (non-hydrogen) atoms. The molecule has 2 aliphatic heterocycles. The highest BCUT2D eigenvalue weighted by molar-refractivity contribution is 8.18. The summed E-state index contributed by atoms with van der Waals surface area (Å²) in [5.74, 6) is -0.177. The van der Waals surface area contributed by atoms with Gasteiger partial charge in [0, 0.05) is 44.6 Å². The van der Waals surface area contributed by atoms with Gasteiger partial charge in [-0.3, -0.25) is 4.79 Å². The summed E-state index contributed by atoms with van der Waals surface area (Å²) in [5.41, 5.74) is 3.26. The van der Waals surface area contributed by atoms with Gasteiger partial charge in [-0.1, -0.05) is 30.3 Å². The fourth-order valence-electron chi connectivity index (χ4n) is 3.16. The average molecular weight is 379 g/mol. The highest BCUT2D eigenvalue weighted by Crippen LogP contribution is 2.32. The van der Waals surface area contributed by atoms with Crippen molar-refractivity contribution in [2.45, 2.75) is 0 Å². The highest BCUT2D eigenvalue weighted by Gasteiger charge is 2.25. The van der Waals surface area contributed by atoms with Gasteiger partial charge in [0.25, 0.3) is 5.91 Å². The molecule has 1 amide bonds. The Morgan fingerprint density at radius 3 is 2.48 bits per heavy atom. The average Bonchev–Trinajstić information content (AvgIpc) is 3.09. The number of amides is 1. The second-order valence-corrected chi connectivity index (χ2v) is 7.54. The first-order valence-electron chi connectivity index (χ1n) is 9.08. The van der Waals surface area contributed by atoms with Crippen molar-refractivity contribution in [2.24, 2.45) is 4.99 Å². The molecule has 2 aromatic carbocycles. The zero-order chi connectivity index (χ0) is 18.6. The fourth-order valence-corrected chi connectivity index (χ4v) is 4.05. The monoisotopic (exact) mass is 378 g/mol. The fraction of sp³-hybridized carbons (Fsp3) is 0.238. The third-order valence-electron chi connectivity index (χ3n) is 4.71. The van der Waals surface area contributed by atoms with E-state index in [-0.39, 0.29) is 5.91 Å². The number of carbonyl (C=O) groups is 1. The molecule has 0 aliphatic carbocycles. The molecule has 0 spiro atoms. The normalized spacial score (nSPS) is 18.7. The smallest absolute Gasteiger partial charge is 0.286 e. The maximum absolute atomic E-state index is 12.3. The number of amidine groups is 1. The standard InChI is InChI=1S/C21H22N4OS/c1-24(17-5-3-2-4-6-17)21-23-20(26)19(27-21)15-16-7-9-18(10-8-16)25-13-11-22-12-14-25/h2-10,15,22H,11-14H2,1H3/b19-15+. The number of thioether (sulfide) groups is 1. The molecule has 2 aliphatic rings. The zero-order valence-electron chi connectivity index (χ0n) is 15.3. The molecule has 0 aromatic heterocycles. The molecule has 138 valence electrons. The molecule has 4 rings (SSSR count). The quantitative estimate of drug-likeness (QED) is 0.831. The van der Waals surface area contributed by atoms with Crippen LogP contribution in [-0.2, 0) is 4.79 Å². The zero-order valence-corrected chi connectivity index (χ0v) is 16.1. The number of nitrogens with zero attached hydrogens (tertiary/aromatic N) is 3. The van der Waals surface area contributed by atoms with Crippen LogP contribution in [0.3, 0.4) is 0 Å². The SMILES string of the molecule is CN(C1=NC(=O)/C(=C\c2ccc(N3CCNCC3)cc2)S1)c1ccccc1. The van der Waals surface area contributed by atoms with Gasteiger partial charge in [0.2, 0.25) is 0 Å². The van der Waals surface area contributed by atoms with E-state index >= 15 is 0 Å². The lowest BCUT2D eigenvalue weighted by Crippen LogP contribution is -2.43. The number of benzene rings is 2. The van der Waals surface area contributed by atoms with E-state index in [0.29, 0.717) is 10.1 Å². The molecule has 0 radical (unpaired) electrons. The Morgan fingerprint density at radius 2 is 1.78 bits per heavy atom. The van der Waals surface area contributed by atoms with E-state index in [4.69, 9.17) is 0 Å². The lowest BCUT2D eigenvalue weighted by atomic mass is 10.1. The Morgan fingerprint density at radius 1 is 1.07 bits per heavy atom. The number of carbonyl (C=O) groups excluding carboxylic acids is 1. The second-order valence-electron chi connectivity index (χ2n) is 6.53. The van der Waals surface area contributed by atoms with Crippen LogP contribution in [0.25, 0.3) is 6.08 Å². The van der Waals surface area contributed by atoms with E-state index in [1.165, 1.54) is 17.4 Å². The van der Waals surface area contributed by atoms with Gasteiger partial charge in [0.15, 0.2) is 5.17 Å². The Bertz CT molecular complexity index is 871. The first-order chi connectivity index (χ1) is 13.2. The van der Waals surface area contributed by atoms with Gasteiger partial charge >= 0.3 is 0 Å². The summed E-state index contributed by atoms with van der Waals surface area (Å²) in [5, 5.41) is 4.07. The summed E-state index contributed by atoms with van der Waals surface area (Å²) in [6.07, 6.45) is 1.92. The second kappa shape index (κ2) is 7.98. The highest BCUT2D eigenvalue weighted by atomic mass is 32.2. The van der Waals surface area contributed by atoms with Crippen molar-refractivity contribution in [3.8, 4) is 0 Å². The molecule has 0 bridgehead atoms. The van der Waals surface area contributed by atoms with Crippen molar-refractivity contribution in [2.75, 3.05) is 43.0 Å². The van der Waals surface area contributed by atoms with Crippen LogP contribution < -0.4 is 15.1 Å². The van der Waals surface area contributed by atoms with Crippen molar-refractivity contribution >= 4 is 40.3 Å². The first kappa shape index (κ1) is 17.8. The largest absolute Gasteiger partial charge is 0.369 e. The number of piperazine rings is 1. The minimum absolute atomic E-state index is 0.177. The van der Waals surface area contributed by atoms with Crippen molar-refractivity contribution < 1.29 is 4.79 Å². The summed E-state index contributed by atoms with van der Waals surface area (Å²) in [7, 11) is 1.93. The van der Waals surface area contributed by atoms with Crippen molar-refractivity contribution in [3.05, 3.63) is 65.1 Å². The minimum atomic E-state index is -0.177. The molecule has 6 heteroatoms. The van der Waals surface area contributed by atoms with Gasteiger partial charge in [-0.25, -0.2) is 0 Å². The minimum Gasteiger partial charge on any atom is -0.369 e. The predicted molar refractivity (Wildman–Crippen MR) is 114 cm³/mol. The summed E-state index contributed by atoms with van der Waals surface area (Å²) >= 11 is 1.42. The number of hydrogen-bond acceptors (Lipinski definition) is 5. The molecule has 2 aromatic rings. The molecule has 5 nitrogen and oxygen atoms in total. The summed E-state index contributed by atoms with van der Waals surface area (Å²) in [4.78, 5) is 21.5. The van der Waals surface area contributed by atoms with Crippen LogP contribution in [0.1, 0.15) is 5.56 Å². The van der Waals surface area contributed by atoms with Crippen LogP contribution in [0.5, 0.6) is 0 Å². The first-order valence-corrected chi connectivity index (χ1v) is 9.89. The van der Waals surface area contributed by atoms with Crippen LogP contribution in [0.4, 0.5) is 11.4 Å². The third kappa shape index (κ3) is 4.07. The van der Waals surface area contributed by atoms with E-state index in [1.807, 2.05) is 48.4 Å². The molecule has 0 unspecified atom stereocenters. The van der Waals surface area contributed by atoms with Crippen LogP contribution in [0.15, 0.2) is 64.5 Å². The van der Waals surface area contributed by atoms with Crippen LogP contribution >= 0.6 is 11.8 Å². The molecule has 2 heterocycles. The number of rotatable bonds is 3. The molecule has 1 N–H and O–H groups in total. The summed E-state index contributed by atoms with van der Waals surface area (Å²) in [6.45, 7) is 4.09. The molecule has 1 fully saturated rings.